The van der Waals surface area contributed by atoms with Gasteiger partial charge in [0.2, 0.25) is 0 Å². The minimum atomic E-state index is -0.0391. The van der Waals surface area contributed by atoms with Crippen LogP contribution in [0, 0.1) is 6.92 Å². The summed E-state index contributed by atoms with van der Waals surface area (Å²) < 4.78 is 0. The summed E-state index contributed by atoms with van der Waals surface area (Å²) in [7, 11) is 0. The SMILES string of the molecule is CCNc1cc(N2CCN(C(=O)Nc3ccccc3CC)CC2)nc(C)n1. The zero-order valence-corrected chi connectivity index (χ0v) is 16.3. The first-order valence-corrected chi connectivity index (χ1v) is 9.59. The molecular weight excluding hydrogens is 340 g/mol. The van der Waals surface area contributed by atoms with Crippen LogP contribution in [0.4, 0.5) is 22.1 Å². The van der Waals surface area contributed by atoms with Crippen LogP contribution in [-0.4, -0.2) is 53.6 Å². The fourth-order valence-corrected chi connectivity index (χ4v) is 3.27. The van der Waals surface area contributed by atoms with Gasteiger partial charge in [-0.2, -0.15) is 0 Å². The number of amides is 2. The number of aromatic nitrogens is 2. The Morgan fingerprint density at radius 1 is 1.11 bits per heavy atom. The lowest BCUT2D eigenvalue weighted by Gasteiger charge is -2.35. The van der Waals surface area contributed by atoms with Crippen molar-refractivity contribution >= 4 is 23.4 Å². The lowest BCUT2D eigenvalue weighted by Crippen LogP contribution is -2.50. The number of carbonyl (C=O) groups excluding carboxylic acids is 1. The number of nitrogens with zero attached hydrogens (tertiary/aromatic N) is 4. The first kappa shape index (κ1) is 18.9. The Labute approximate surface area is 160 Å². The summed E-state index contributed by atoms with van der Waals surface area (Å²) >= 11 is 0. The molecule has 3 rings (SSSR count). The molecule has 1 aliphatic heterocycles. The molecule has 27 heavy (non-hydrogen) atoms. The Morgan fingerprint density at radius 2 is 1.85 bits per heavy atom. The highest BCUT2D eigenvalue weighted by Crippen LogP contribution is 2.19. The highest BCUT2D eigenvalue weighted by molar-refractivity contribution is 5.90. The van der Waals surface area contributed by atoms with Crippen LogP contribution in [0.15, 0.2) is 30.3 Å². The average molecular weight is 368 g/mol. The predicted molar refractivity (Wildman–Crippen MR) is 110 cm³/mol. The maximum Gasteiger partial charge on any atom is 0.321 e. The summed E-state index contributed by atoms with van der Waals surface area (Å²) in [5.74, 6) is 2.51. The number of anilines is 3. The normalized spacial score (nSPS) is 14.2. The minimum absolute atomic E-state index is 0.0391. The Balaban J connectivity index is 1.61. The van der Waals surface area contributed by atoms with E-state index in [-0.39, 0.29) is 6.03 Å². The van der Waals surface area contributed by atoms with E-state index in [1.54, 1.807) is 0 Å². The first-order chi connectivity index (χ1) is 13.1. The van der Waals surface area contributed by atoms with Gasteiger partial charge in [-0.15, -0.1) is 0 Å². The van der Waals surface area contributed by atoms with E-state index in [9.17, 15) is 4.79 Å². The van der Waals surface area contributed by atoms with Gasteiger partial charge in [0.15, 0.2) is 0 Å². The molecule has 2 aromatic rings. The molecule has 1 aromatic carbocycles. The number of urea groups is 1. The third-order valence-electron chi connectivity index (χ3n) is 4.71. The van der Waals surface area contributed by atoms with Gasteiger partial charge in [0.05, 0.1) is 0 Å². The van der Waals surface area contributed by atoms with Gasteiger partial charge < -0.3 is 20.4 Å². The number of carbonyl (C=O) groups is 1. The van der Waals surface area contributed by atoms with E-state index in [4.69, 9.17) is 0 Å². The van der Waals surface area contributed by atoms with E-state index < -0.39 is 0 Å². The van der Waals surface area contributed by atoms with Crippen LogP contribution >= 0.6 is 0 Å². The van der Waals surface area contributed by atoms with E-state index in [2.05, 4.69) is 32.4 Å². The molecule has 1 aromatic heterocycles. The molecule has 2 N–H and O–H groups in total. The molecule has 0 aliphatic carbocycles. The zero-order chi connectivity index (χ0) is 19.2. The van der Waals surface area contributed by atoms with Crippen molar-refractivity contribution in [3.8, 4) is 0 Å². The second-order valence-corrected chi connectivity index (χ2v) is 6.60. The molecule has 1 saturated heterocycles. The minimum Gasteiger partial charge on any atom is -0.370 e. The predicted octanol–water partition coefficient (Wildman–Crippen LogP) is 3.13. The number of nitrogens with one attached hydrogen (secondary N) is 2. The van der Waals surface area contributed by atoms with E-state index >= 15 is 0 Å². The fraction of sp³-hybridized carbons (Fsp3) is 0.450. The maximum atomic E-state index is 12.6. The molecule has 0 saturated carbocycles. The molecule has 1 fully saturated rings. The Bertz CT molecular complexity index is 786. The second kappa shape index (κ2) is 8.70. The average Bonchev–Trinajstić information content (AvgIpc) is 2.68. The number of hydrogen-bond acceptors (Lipinski definition) is 5. The summed E-state index contributed by atoms with van der Waals surface area (Å²) in [6.45, 7) is 9.71. The van der Waals surface area contributed by atoms with Crippen molar-refractivity contribution in [2.24, 2.45) is 0 Å². The van der Waals surface area contributed by atoms with Crippen molar-refractivity contribution in [1.29, 1.82) is 0 Å². The summed E-state index contributed by atoms with van der Waals surface area (Å²) in [4.78, 5) is 25.7. The van der Waals surface area contributed by atoms with Crippen molar-refractivity contribution < 1.29 is 4.79 Å². The molecule has 0 radical (unpaired) electrons. The number of benzene rings is 1. The van der Waals surface area contributed by atoms with Crippen LogP contribution in [0.1, 0.15) is 25.2 Å². The van der Waals surface area contributed by atoms with Gasteiger partial charge >= 0.3 is 6.03 Å². The van der Waals surface area contributed by atoms with E-state index in [0.717, 1.165) is 54.8 Å². The third kappa shape index (κ3) is 4.67. The number of hydrogen-bond donors (Lipinski definition) is 2. The van der Waals surface area contributed by atoms with E-state index in [1.807, 2.05) is 49.1 Å². The molecule has 0 atom stereocenters. The number of piperazine rings is 1. The van der Waals surface area contributed by atoms with Crippen LogP contribution in [-0.2, 0) is 6.42 Å². The molecular formula is C20H28N6O. The highest BCUT2D eigenvalue weighted by Gasteiger charge is 2.23. The lowest BCUT2D eigenvalue weighted by molar-refractivity contribution is 0.208. The van der Waals surface area contributed by atoms with Crippen LogP contribution in [0.2, 0.25) is 0 Å². The summed E-state index contributed by atoms with van der Waals surface area (Å²) in [5.41, 5.74) is 2.05. The van der Waals surface area contributed by atoms with Gasteiger partial charge in [0.1, 0.15) is 17.5 Å². The van der Waals surface area contributed by atoms with Crippen molar-refractivity contribution in [2.75, 3.05) is 48.3 Å². The molecule has 7 heteroatoms. The van der Waals surface area contributed by atoms with Gasteiger partial charge in [-0.05, 0) is 31.9 Å². The first-order valence-electron chi connectivity index (χ1n) is 9.59. The van der Waals surface area contributed by atoms with Gasteiger partial charge in [0.25, 0.3) is 0 Å². The van der Waals surface area contributed by atoms with E-state index in [1.165, 1.54) is 0 Å². The maximum absolute atomic E-state index is 12.6. The Morgan fingerprint density at radius 3 is 2.56 bits per heavy atom. The number of rotatable bonds is 5. The highest BCUT2D eigenvalue weighted by atomic mass is 16.2. The molecule has 7 nitrogen and oxygen atoms in total. The van der Waals surface area contributed by atoms with Gasteiger partial charge in [-0.25, -0.2) is 14.8 Å². The van der Waals surface area contributed by atoms with Gasteiger partial charge in [-0.1, -0.05) is 25.1 Å². The van der Waals surface area contributed by atoms with Crippen LogP contribution in [0.25, 0.3) is 0 Å². The van der Waals surface area contributed by atoms with Crippen molar-refractivity contribution in [2.45, 2.75) is 27.2 Å². The van der Waals surface area contributed by atoms with E-state index in [0.29, 0.717) is 13.1 Å². The molecule has 0 bridgehead atoms. The van der Waals surface area contributed by atoms with Crippen LogP contribution < -0.4 is 15.5 Å². The number of para-hydroxylation sites is 1. The van der Waals surface area contributed by atoms with Crippen molar-refractivity contribution in [1.82, 2.24) is 14.9 Å². The molecule has 1 aliphatic rings. The van der Waals surface area contributed by atoms with Gasteiger partial charge in [0, 0.05) is 44.5 Å². The topological polar surface area (TPSA) is 73.4 Å². The summed E-state index contributed by atoms with van der Waals surface area (Å²) in [6.07, 6.45) is 0.894. The fourth-order valence-electron chi connectivity index (χ4n) is 3.27. The van der Waals surface area contributed by atoms with Crippen LogP contribution in [0.5, 0.6) is 0 Å². The quantitative estimate of drug-likeness (QED) is 0.848. The largest absolute Gasteiger partial charge is 0.370 e. The van der Waals surface area contributed by atoms with Gasteiger partial charge in [-0.3, -0.25) is 0 Å². The second-order valence-electron chi connectivity index (χ2n) is 6.60. The standard InChI is InChI=1S/C20H28N6O/c1-4-16-8-6-7-9-17(16)24-20(27)26-12-10-25(11-13-26)19-14-18(21-5-2)22-15(3)23-19/h6-9,14H,4-5,10-13H2,1-3H3,(H,24,27)(H,21,22,23). The smallest absolute Gasteiger partial charge is 0.321 e. The van der Waals surface area contributed by atoms with Crippen LogP contribution in [0.3, 0.4) is 0 Å². The zero-order valence-electron chi connectivity index (χ0n) is 16.3. The molecule has 0 unspecified atom stereocenters. The number of aryl methyl sites for hydroxylation is 2. The summed E-state index contributed by atoms with van der Waals surface area (Å²) in [5, 5.41) is 6.29. The molecule has 0 spiro atoms. The molecule has 2 heterocycles. The summed E-state index contributed by atoms with van der Waals surface area (Å²) in [6, 6.07) is 9.89. The van der Waals surface area contributed by atoms with Crippen molar-refractivity contribution in [3.63, 3.8) is 0 Å². The third-order valence-corrected chi connectivity index (χ3v) is 4.71. The Kier molecular flexibility index (Phi) is 6.11. The monoisotopic (exact) mass is 368 g/mol. The molecule has 144 valence electrons. The Hall–Kier alpha value is -2.83. The lowest BCUT2D eigenvalue weighted by atomic mass is 10.1. The molecule has 2 amide bonds. The van der Waals surface area contributed by atoms with Crippen molar-refractivity contribution in [3.05, 3.63) is 41.7 Å².